The predicted octanol–water partition coefficient (Wildman–Crippen LogP) is 4.42. The van der Waals surface area contributed by atoms with Gasteiger partial charge in [0.15, 0.2) is 0 Å². The van der Waals surface area contributed by atoms with Gasteiger partial charge in [0.2, 0.25) is 5.60 Å². The maximum atomic E-state index is 12.6. The normalized spacial score (nSPS) is 16.1. The van der Waals surface area contributed by atoms with Gasteiger partial charge in [-0.2, -0.15) is 0 Å². The zero-order chi connectivity index (χ0) is 20.1. The van der Waals surface area contributed by atoms with Gasteiger partial charge in [0, 0.05) is 30.1 Å². The number of hydrogen-bond acceptors (Lipinski definition) is 3. The Morgan fingerprint density at radius 1 is 1.14 bits per heavy atom. The molecule has 0 saturated carbocycles. The van der Waals surface area contributed by atoms with E-state index in [4.69, 9.17) is 16.3 Å². The third-order valence-corrected chi connectivity index (χ3v) is 5.04. The second kappa shape index (κ2) is 8.48. The van der Waals surface area contributed by atoms with Crippen LogP contribution in [0.2, 0.25) is 5.02 Å². The van der Waals surface area contributed by atoms with Crippen molar-refractivity contribution < 1.29 is 19.4 Å². The highest BCUT2D eigenvalue weighted by atomic mass is 35.5. The lowest BCUT2D eigenvalue weighted by Crippen LogP contribution is -2.43. The van der Waals surface area contributed by atoms with Crippen LogP contribution in [0.25, 0.3) is 0 Å². The number of para-hydroxylation sites is 1. The number of rotatable bonds is 6. The molecule has 1 heterocycles. The molecule has 1 aliphatic rings. The van der Waals surface area contributed by atoms with Crippen molar-refractivity contribution in [3.8, 4) is 5.75 Å². The summed E-state index contributed by atoms with van der Waals surface area (Å²) in [6.07, 6.45) is 2.80. The third kappa shape index (κ3) is 4.73. The summed E-state index contributed by atoms with van der Waals surface area (Å²) in [6.45, 7) is 2.56. The molecule has 28 heavy (non-hydrogen) atoms. The van der Waals surface area contributed by atoms with Gasteiger partial charge in [0.1, 0.15) is 5.75 Å². The molecule has 0 fully saturated rings. The molecular formula is C22H22ClNO4. The zero-order valence-electron chi connectivity index (χ0n) is 15.6. The number of carboxylic acid groups (broad SMARTS) is 1. The molecule has 1 amide bonds. The largest absolute Gasteiger partial charge is 0.478 e. The van der Waals surface area contributed by atoms with E-state index in [1.54, 1.807) is 60.4 Å². The Bertz CT molecular complexity index is 879. The fourth-order valence-electron chi connectivity index (χ4n) is 3.17. The summed E-state index contributed by atoms with van der Waals surface area (Å²) in [4.78, 5) is 26.2. The average Bonchev–Trinajstić information content (AvgIpc) is 2.69. The summed E-state index contributed by atoms with van der Waals surface area (Å²) in [7, 11) is 0. The van der Waals surface area contributed by atoms with Crippen molar-refractivity contribution in [2.45, 2.75) is 25.4 Å². The van der Waals surface area contributed by atoms with E-state index < -0.39 is 11.6 Å². The van der Waals surface area contributed by atoms with Crippen LogP contribution in [0.5, 0.6) is 5.75 Å². The molecule has 146 valence electrons. The van der Waals surface area contributed by atoms with Crippen LogP contribution in [0.3, 0.4) is 0 Å². The van der Waals surface area contributed by atoms with Gasteiger partial charge in [-0.05, 0) is 49.7 Å². The van der Waals surface area contributed by atoms with Crippen molar-refractivity contribution in [3.63, 3.8) is 0 Å². The Hall–Kier alpha value is -2.79. The van der Waals surface area contributed by atoms with Crippen molar-refractivity contribution in [3.05, 3.63) is 76.8 Å². The van der Waals surface area contributed by atoms with Crippen molar-refractivity contribution in [2.24, 2.45) is 0 Å². The van der Waals surface area contributed by atoms with Gasteiger partial charge in [-0.3, -0.25) is 4.79 Å². The maximum absolute atomic E-state index is 12.6. The average molecular weight is 400 g/mol. The fourth-order valence-corrected chi connectivity index (χ4v) is 3.29. The fraction of sp³-hybridized carbons (Fsp3) is 0.273. The number of nitrogens with zero attached hydrogens (tertiary/aromatic N) is 1. The zero-order valence-corrected chi connectivity index (χ0v) is 16.4. The standard InChI is InChI=1S/C22H22ClNO4/c1-22(21(26)27,28-19-5-3-2-4-6-19)15-16-11-13-24(14-12-16)20(25)17-7-9-18(23)10-8-17/h2-11H,12-15H2,1H3,(H,26,27). The summed E-state index contributed by atoms with van der Waals surface area (Å²) in [6, 6.07) is 15.7. The molecule has 2 aromatic carbocycles. The first-order valence-electron chi connectivity index (χ1n) is 9.07. The Kier molecular flexibility index (Phi) is 6.05. The van der Waals surface area contributed by atoms with E-state index in [0.29, 0.717) is 35.8 Å². The second-order valence-corrected chi connectivity index (χ2v) is 7.43. The summed E-state index contributed by atoms with van der Waals surface area (Å²) in [5.74, 6) is -0.561. The van der Waals surface area contributed by atoms with Gasteiger partial charge >= 0.3 is 5.97 Å². The van der Waals surface area contributed by atoms with Crippen LogP contribution >= 0.6 is 11.6 Å². The van der Waals surface area contributed by atoms with E-state index in [1.807, 2.05) is 12.1 Å². The lowest BCUT2D eigenvalue weighted by atomic mass is 9.92. The smallest absolute Gasteiger partial charge is 0.348 e. The van der Waals surface area contributed by atoms with Gasteiger partial charge in [0.05, 0.1) is 0 Å². The minimum atomic E-state index is -1.37. The van der Waals surface area contributed by atoms with Crippen LogP contribution in [-0.4, -0.2) is 40.6 Å². The van der Waals surface area contributed by atoms with Gasteiger partial charge in [-0.15, -0.1) is 0 Å². The van der Waals surface area contributed by atoms with Crippen LogP contribution in [-0.2, 0) is 4.79 Å². The number of hydrogen-bond donors (Lipinski definition) is 1. The lowest BCUT2D eigenvalue weighted by molar-refractivity contribution is -0.153. The monoisotopic (exact) mass is 399 g/mol. The molecule has 2 aromatic rings. The van der Waals surface area contributed by atoms with E-state index in [2.05, 4.69) is 0 Å². The number of carbonyl (C=O) groups is 2. The van der Waals surface area contributed by atoms with E-state index in [1.165, 1.54) is 0 Å². The SMILES string of the molecule is CC(CC1=CCN(C(=O)c2ccc(Cl)cc2)CC1)(Oc1ccccc1)C(=O)O. The number of carboxylic acids is 1. The highest BCUT2D eigenvalue weighted by Crippen LogP contribution is 2.28. The number of amides is 1. The molecule has 5 nitrogen and oxygen atoms in total. The molecule has 1 atom stereocenters. The molecule has 0 saturated heterocycles. The molecule has 1 aliphatic heterocycles. The van der Waals surface area contributed by atoms with Crippen LogP contribution in [0.1, 0.15) is 30.1 Å². The van der Waals surface area contributed by atoms with Crippen molar-refractivity contribution in [1.29, 1.82) is 0 Å². The summed E-state index contributed by atoms with van der Waals surface area (Å²) < 4.78 is 5.79. The second-order valence-electron chi connectivity index (χ2n) is 7.00. The first kappa shape index (κ1) is 20.0. The quantitative estimate of drug-likeness (QED) is 0.730. The third-order valence-electron chi connectivity index (χ3n) is 4.78. The molecule has 0 spiro atoms. The van der Waals surface area contributed by atoms with Gasteiger partial charge in [-0.1, -0.05) is 41.4 Å². The Balaban J connectivity index is 1.66. The van der Waals surface area contributed by atoms with E-state index in [-0.39, 0.29) is 12.3 Å². The minimum Gasteiger partial charge on any atom is -0.478 e. The molecule has 0 bridgehead atoms. The molecule has 0 aliphatic carbocycles. The predicted molar refractivity (Wildman–Crippen MR) is 108 cm³/mol. The number of aliphatic carboxylic acids is 1. The molecule has 1 N–H and O–H groups in total. The highest BCUT2D eigenvalue weighted by molar-refractivity contribution is 6.30. The van der Waals surface area contributed by atoms with Crippen LogP contribution in [0.4, 0.5) is 0 Å². The molecule has 3 rings (SSSR count). The number of benzene rings is 2. The minimum absolute atomic E-state index is 0.0616. The molecule has 0 aromatic heterocycles. The highest BCUT2D eigenvalue weighted by Gasteiger charge is 2.37. The summed E-state index contributed by atoms with van der Waals surface area (Å²) >= 11 is 5.87. The van der Waals surface area contributed by atoms with Gasteiger partial charge < -0.3 is 14.7 Å². The summed E-state index contributed by atoms with van der Waals surface area (Å²) in [5, 5.41) is 10.3. The summed E-state index contributed by atoms with van der Waals surface area (Å²) in [5.41, 5.74) is 0.195. The van der Waals surface area contributed by atoms with Crippen LogP contribution < -0.4 is 4.74 Å². The van der Waals surface area contributed by atoms with Crippen LogP contribution in [0, 0.1) is 0 Å². The Morgan fingerprint density at radius 2 is 1.82 bits per heavy atom. The van der Waals surface area contributed by atoms with Crippen molar-refractivity contribution >= 4 is 23.5 Å². The lowest BCUT2D eigenvalue weighted by Gasteiger charge is -2.31. The van der Waals surface area contributed by atoms with Gasteiger partial charge in [0.25, 0.3) is 5.91 Å². The number of ether oxygens (including phenoxy) is 1. The van der Waals surface area contributed by atoms with Crippen molar-refractivity contribution in [1.82, 2.24) is 4.90 Å². The maximum Gasteiger partial charge on any atom is 0.348 e. The van der Waals surface area contributed by atoms with E-state index in [0.717, 1.165) is 5.57 Å². The van der Waals surface area contributed by atoms with Crippen LogP contribution in [0.15, 0.2) is 66.2 Å². The molecule has 1 unspecified atom stereocenters. The first-order chi connectivity index (χ1) is 13.4. The number of carbonyl (C=O) groups excluding carboxylic acids is 1. The molecule has 6 heteroatoms. The van der Waals surface area contributed by atoms with E-state index >= 15 is 0 Å². The molecule has 0 radical (unpaired) electrons. The van der Waals surface area contributed by atoms with Gasteiger partial charge in [-0.25, -0.2) is 4.79 Å². The number of halogens is 1. The first-order valence-corrected chi connectivity index (χ1v) is 9.45. The molecular weight excluding hydrogens is 378 g/mol. The Labute approximate surface area is 169 Å². The van der Waals surface area contributed by atoms with Crippen molar-refractivity contribution in [2.75, 3.05) is 13.1 Å². The van der Waals surface area contributed by atoms with E-state index in [9.17, 15) is 14.7 Å². The topological polar surface area (TPSA) is 66.8 Å². The Morgan fingerprint density at radius 3 is 2.39 bits per heavy atom.